The Morgan fingerprint density at radius 1 is 1.43 bits per heavy atom. The van der Waals surface area contributed by atoms with Crippen molar-refractivity contribution < 1.29 is 23.2 Å². The largest absolute Gasteiger partial charge is 0.598 e. The Morgan fingerprint density at radius 3 is 2.29 bits per heavy atom. The number of aliphatic carboxylic acids is 1. The zero-order valence-corrected chi connectivity index (χ0v) is 15.1. The molecule has 0 amide bonds. The van der Waals surface area contributed by atoms with Crippen LogP contribution < -0.4 is 4.72 Å². The summed E-state index contributed by atoms with van der Waals surface area (Å²) in [5.74, 6) is -6.40. The van der Waals surface area contributed by atoms with Gasteiger partial charge in [0, 0.05) is 26.1 Å². The predicted octanol–water partition coefficient (Wildman–Crippen LogP) is 3.50. The van der Waals surface area contributed by atoms with Gasteiger partial charge in [-0.25, -0.2) is 4.79 Å². The molecule has 2 unspecified atom stereocenters. The molecule has 0 spiro atoms. The van der Waals surface area contributed by atoms with E-state index >= 15 is 0 Å². The van der Waals surface area contributed by atoms with E-state index in [4.69, 9.17) is 5.11 Å². The van der Waals surface area contributed by atoms with Crippen LogP contribution in [0, 0.1) is 0 Å². The SMILES string of the molecule is CC(C)(C)[S+]([O-])NC(C)(c1cc(Br)cs1)C(F)(F)C(=O)O. The Bertz CT molecular complexity index is 533. The van der Waals surface area contributed by atoms with Gasteiger partial charge in [0.1, 0.15) is 4.75 Å². The van der Waals surface area contributed by atoms with E-state index in [1.807, 2.05) is 0 Å². The smallest absolute Gasteiger partial charge is 0.377 e. The van der Waals surface area contributed by atoms with E-state index in [-0.39, 0.29) is 4.88 Å². The predicted molar refractivity (Wildman–Crippen MR) is 83.0 cm³/mol. The summed E-state index contributed by atoms with van der Waals surface area (Å²) in [7, 11) is 0. The average Bonchev–Trinajstić information content (AvgIpc) is 2.74. The summed E-state index contributed by atoms with van der Waals surface area (Å²) in [5, 5.41) is 10.4. The van der Waals surface area contributed by atoms with E-state index in [9.17, 15) is 18.1 Å². The van der Waals surface area contributed by atoms with E-state index in [2.05, 4.69) is 20.7 Å². The zero-order chi connectivity index (χ0) is 16.6. The number of carboxylic acids is 1. The maximum atomic E-state index is 14.2. The maximum absolute atomic E-state index is 14.2. The number of alkyl halides is 2. The van der Waals surface area contributed by atoms with Crippen molar-refractivity contribution in [1.82, 2.24) is 4.72 Å². The Balaban J connectivity index is 3.34. The Morgan fingerprint density at radius 2 is 1.95 bits per heavy atom. The summed E-state index contributed by atoms with van der Waals surface area (Å²) in [6, 6.07) is 1.40. The van der Waals surface area contributed by atoms with Crippen LogP contribution in [-0.4, -0.2) is 26.3 Å². The molecule has 1 heterocycles. The summed E-state index contributed by atoms with van der Waals surface area (Å²) in [4.78, 5) is 11.1. The van der Waals surface area contributed by atoms with Crippen molar-refractivity contribution in [3.8, 4) is 0 Å². The first-order valence-corrected chi connectivity index (χ1v) is 8.70. The number of hydrogen-bond acceptors (Lipinski definition) is 4. The standard InChI is InChI=1S/C12H16BrF2NO3S2/c1-10(2,3)21(19)16-11(4,12(14,15)9(17)18)8-5-7(13)6-20-8/h5-6,16H,1-4H3,(H,17,18). The Kier molecular flexibility index (Phi) is 5.48. The van der Waals surface area contributed by atoms with Crippen LogP contribution in [0.1, 0.15) is 32.6 Å². The fraction of sp³-hybridized carbons (Fsp3) is 0.583. The van der Waals surface area contributed by atoms with E-state index in [0.717, 1.165) is 18.3 Å². The summed E-state index contributed by atoms with van der Waals surface area (Å²) in [6.45, 7) is 5.88. The monoisotopic (exact) mass is 403 g/mol. The molecule has 2 atom stereocenters. The highest BCUT2D eigenvalue weighted by Crippen LogP contribution is 2.42. The molecular formula is C12H16BrF2NO3S2. The van der Waals surface area contributed by atoms with E-state index < -0.39 is 33.5 Å². The Labute approximate surface area is 137 Å². The van der Waals surface area contributed by atoms with Crippen LogP contribution in [0.3, 0.4) is 0 Å². The molecule has 0 aromatic carbocycles. The molecule has 120 valence electrons. The fourth-order valence-electron chi connectivity index (χ4n) is 1.40. The lowest BCUT2D eigenvalue weighted by Crippen LogP contribution is -2.61. The molecule has 1 aromatic heterocycles. The van der Waals surface area contributed by atoms with Gasteiger partial charge < -0.3 is 9.66 Å². The van der Waals surface area contributed by atoms with Crippen LogP contribution in [0.25, 0.3) is 0 Å². The minimum atomic E-state index is -4.13. The molecule has 21 heavy (non-hydrogen) atoms. The zero-order valence-electron chi connectivity index (χ0n) is 11.9. The van der Waals surface area contributed by atoms with Crippen LogP contribution in [0.4, 0.5) is 8.78 Å². The molecule has 0 saturated carbocycles. The van der Waals surface area contributed by atoms with E-state index in [1.165, 1.54) is 6.07 Å². The van der Waals surface area contributed by atoms with Crippen molar-refractivity contribution in [1.29, 1.82) is 0 Å². The van der Waals surface area contributed by atoms with Crippen LogP contribution in [0.2, 0.25) is 0 Å². The molecule has 0 aliphatic heterocycles. The van der Waals surface area contributed by atoms with Gasteiger partial charge in [0.2, 0.25) is 0 Å². The lowest BCUT2D eigenvalue weighted by atomic mass is 9.93. The second-order valence-corrected chi connectivity index (χ2v) is 9.41. The molecule has 1 aromatic rings. The summed E-state index contributed by atoms with van der Waals surface area (Å²) < 4.78 is 42.7. The quantitative estimate of drug-likeness (QED) is 0.737. The number of carbonyl (C=O) groups is 1. The summed E-state index contributed by atoms with van der Waals surface area (Å²) >= 11 is 2.25. The fourth-order valence-corrected chi connectivity index (χ4v) is 3.95. The third kappa shape index (κ3) is 3.76. The van der Waals surface area contributed by atoms with Crippen molar-refractivity contribution in [2.45, 2.75) is 43.9 Å². The normalized spacial score (nSPS) is 17.3. The van der Waals surface area contributed by atoms with Crippen molar-refractivity contribution in [3.05, 3.63) is 20.8 Å². The van der Waals surface area contributed by atoms with Crippen molar-refractivity contribution in [3.63, 3.8) is 0 Å². The molecule has 1 rings (SSSR count). The van der Waals surface area contributed by atoms with Crippen LogP contribution in [-0.2, 0) is 21.7 Å². The minimum absolute atomic E-state index is 0.0828. The number of thiophene rings is 1. The molecule has 4 nitrogen and oxygen atoms in total. The van der Waals surface area contributed by atoms with Crippen molar-refractivity contribution in [2.75, 3.05) is 0 Å². The number of halogens is 3. The maximum Gasteiger partial charge on any atom is 0.377 e. The second kappa shape index (κ2) is 6.11. The topological polar surface area (TPSA) is 72.4 Å². The van der Waals surface area contributed by atoms with Crippen LogP contribution >= 0.6 is 27.3 Å². The molecule has 2 N–H and O–H groups in total. The molecule has 9 heteroatoms. The third-order valence-corrected chi connectivity index (χ3v) is 6.43. The molecule has 0 fully saturated rings. The Hall–Kier alpha value is -0.220. The van der Waals surface area contributed by atoms with Gasteiger partial charge in [-0.2, -0.15) is 8.78 Å². The first-order valence-electron chi connectivity index (χ1n) is 5.88. The lowest BCUT2D eigenvalue weighted by molar-refractivity contribution is -0.176. The highest BCUT2D eigenvalue weighted by atomic mass is 79.9. The van der Waals surface area contributed by atoms with Crippen LogP contribution in [0.15, 0.2) is 15.9 Å². The molecule has 0 radical (unpaired) electrons. The van der Waals surface area contributed by atoms with Gasteiger partial charge >= 0.3 is 11.9 Å². The number of carboxylic acid groups (broad SMARTS) is 1. The highest BCUT2D eigenvalue weighted by Gasteiger charge is 2.61. The number of rotatable bonds is 5. The third-order valence-electron chi connectivity index (χ3n) is 2.81. The molecule has 0 aliphatic carbocycles. The van der Waals surface area contributed by atoms with Gasteiger partial charge in [-0.3, -0.25) is 0 Å². The lowest BCUT2D eigenvalue weighted by Gasteiger charge is -2.37. The van der Waals surface area contributed by atoms with Gasteiger partial charge in [-0.05, 0) is 49.7 Å². The second-order valence-electron chi connectivity index (χ2n) is 5.62. The average molecular weight is 404 g/mol. The molecule has 0 bridgehead atoms. The summed E-state index contributed by atoms with van der Waals surface area (Å²) in [6.07, 6.45) is 0. The molecule has 0 aliphatic rings. The number of hydrogen-bond donors (Lipinski definition) is 2. The van der Waals surface area contributed by atoms with E-state index in [0.29, 0.717) is 4.47 Å². The molecule has 0 saturated heterocycles. The van der Waals surface area contributed by atoms with Crippen molar-refractivity contribution in [2.24, 2.45) is 0 Å². The van der Waals surface area contributed by atoms with Gasteiger partial charge in [-0.1, -0.05) is 0 Å². The number of nitrogens with one attached hydrogen (secondary N) is 1. The summed E-state index contributed by atoms with van der Waals surface area (Å²) in [5.41, 5.74) is -2.28. The first-order chi connectivity index (χ1) is 9.32. The van der Waals surface area contributed by atoms with Crippen molar-refractivity contribution >= 4 is 44.6 Å². The van der Waals surface area contributed by atoms with Crippen LogP contribution in [0.5, 0.6) is 0 Å². The van der Waals surface area contributed by atoms with Gasteiger partial charge in [-0.15, -0.1) is 16.1 Å². The first kappa shape index (κ1) is 18.8. The minimum Gasteiger partial charge on any atom is -0.598 e. The van der Waals surface area contributed by atoms with Gasteiger partial charge in [0.05, 0.1) is 0 Å². The van der Waals surface area contributed by atoms with Gasteiger partial charge in [0.15, 0.2) is 5.54 Å². The van der Waals surface area contributed by atoms with Gasteiger partial charge in [0.25, 0.3) is 0 Å². The molecular weight excluding hydrogens is 388 g/mol. The van der Waals surface area contributed by atoms with E-state index in [1.54, 1.807) is 26.2 Å². The highest BCUT2D eigenvalue weighted by molar-refractivity contribution is 9.10.